The van der Waals surface area contributed by atoms with Crippen LogP contribution in [0.2, 0.25) is 0 Å². The number of esters is 2. The predicted molar refractivity (Wildman–Crippen MR) is 248 cm³/mol. The highest BCUT2D eigenvalue weighted by Gasteiger charge is 2.36. The van der Waals surface area contributed by atoms with Crippen LogP contribution in [0, 0.1) is 5.41 Å². The lowest BCUT2D eigenvalue weighted by molar-refractivity contribution is -0.150. The van der Waals surface area contributed by atoms with Crippen LogP contribution in [-0.4, -0.2) is 133 Å². The van der Waals surface area contributed by atoms with Gasteiger partial charge in [0.25, 0.3) is 5.91 Å². The summed E-state index contributed by atoms with van der Waals surface area (Å²) in [6.07, 6.45) is 2.63. The van der Waals surface area contributed by atoms with Crippen LogP contribution >= 0.6 is 11.3 Å². The molecule has 2 amide bonds. The van der Waals surface area contributed by atoms with E-state index in [1.54, 1.807) is 27.9 Å². The molecule has 0 radical (unpaired) electrons. The number of alkyl carbamates (subject to hydrolysis) is 1. The summed E-state index contributed by atoms with van der Waals surface area (Å²) in [4.78, 5) is 66.7. The fourth-order valence-electron chi connectivity index (χ4n) is 8.69. The van der Waals surface area contributed by atoms with E-state index in [2.05, 4.69) is 58.1 Å². The van der Waals surface area contributed by atoms with E-state index < -0.39 is 41.1 Å². The second-order valence-electron chi connectivity index (χ2n) is 19.0. The molecule has 0 bridgehead atoms. The van der Waals surface area contributed by atoms with Crippen LogP contribution in [0.4, 0.5) is 10.5 Å². The van der Waals surface area contributed by atoms with Gasteiger partial charge in [0.15, 0.2) is 0 Å². The molecule has 3 aliphatic rings. The number of rotatable bonds is 14. The lowest BCUT2D eigenvalue weighted by Crippen LogP contribution is -2.60. The molecule has 3 aromatic heterocycles. The second kappa shape index (κ2) is 19.7. The van der Waals surface area contributed by atoms with Gasteiger partial charge in [-0.05, 0) is 77.8 Å². The van der Waals surface area contributed by atoms with Gasteiger partial charge in [-0.1, -0.05) is 13.8 Å². The fraction of sp³-hybridized carbons (Fsp3) is 0.574. The van der Waals surface area contributed by atoms with Gasteiger partial charge in [-0.25, -0.2) is 15.2 Å². The molecule has 3 atom stereocenters. The summed E-state index contributed by atoms with van der Waals surface area (Å²) in [5.41, 5.74) is 9.11. The first-order chi connectivity index (χ1) is 30.8. The van der Waals surface area contributed by atoms with Crippen LogP contribution in [0.3, 0.4) is 0 Å². The van der Waals surface area contributed by atoms with Crippen molar-refractivity contribution in [3.05, 3.63) is 46.0 Å². The summed E-state index contributed by atoms with van der Waals surface area (Å²) in [5.74, 6) is -0.519. The maximum atomic E-state index is 14.1. The standard InChI is InChI=1S/C47H64N8O9S/c1-28(60-9)40-33(22-31(25-48-40)53-16-14-52(8)15-17-53)41-34(24-47(6,7)27-63-29(2)56)32-20-30(21-38-42(32)54(41)18-19-62-38)37-26-65-39(49-37)23-36(50-45(59)64-46(3,4)5)43(57)55-13-11-12-35(51-55)44(58)61-10/h20-22,25-26,28,35-36,51H,11-19,23-24,27H2,1-10H3,(H,50,59)/t28-,35-,36-/m0/s1. The molecule has 7 rings (SSSR count). The van der Waals surface area contributed by atoms with Crippen molar-refractivity contribution in [1.82, 2.24) is 35.2 Å². The summed E-state index contributed by atoms with van der Waals surface area (Å²) in [7, 11) is 5.15. The number of nitrogens with one attached hydrogen (secondary N) is 2. The van der Waals surface area contributed by atoms with Crippen molar-refractivity contribution in [2.45, 2.75) is 104 Å². The Morgan fingerprint density at radius 2 is 1.78 bits per heavy atom. The van der Waals surface area contributed by atoms with Crippen LogP contribution in [0.1, 0.15) is 83.7 Å². The molecular weight excluding hydrogens is 853 g/mol. The minimum Gasteiger partial charge on any atom is -0.489 e. The van der Waals surface area contributed by atoms with E-state index >= 15 is 0 Å². The third kappa shape index (κ3) is 11.0. The smallest absolute Gasteiger partial charge is 0.408 e. The maximum absolute atomic E-state index is 14.1. The van der Waals surface area contributed by atoms with Crippen molar-refractivity contribution in [3.63, 3.8) is 0 Å². The first-order valence-electron chi connectivity index (χ1n) is 22.4. The number of hydrogen-bond acceptors (Lipinski definition) is 15. The van der Waals surface area contributed by atoms with E-state index in [4.69, 9.17) is 33.7 Å². The van der Waals surface area contributed by atoms with Gasteiger partial charge >= 0.3 is 18.0 Å². The first kappa shape index (κ1) is 47.7. The van der Waals surface area contributed by atoms with E-state index in [0.29, 0.717) is 55.4 Å². The molecule has 3 aliphatic heterocycles. The largest absolute Gasteiger partial charge is 0.489 e. The highest BCUT2D eigenvalue weighted by molar-refractivity contribution is 7.10. The van der Waals surface area contributed by atoms with E-state index in [-0.39, 0.29) is 25.1 Å². The minimum absolute atomic E-state index is 0.0721. The average molecular weight is 917 g/mol. The molecule has 0 unspecified atom stereocenters. The SMILES string of the molecule is COC(=O)[C@@H]1CCCN(C(=O)[C@H](Cc2nc(-c3cc4c5c(c3)c(CC(C)(C)COC(C)=O)c(-c3cc(N6CCN(C)CC6)cnc3[C@H](C)OC)n5CCO4)cs2)NC(=O)OC(C)(C)C)N1. The molecule has 2 saturated heterocycles. The van der Waals surface area contributed by atoms with Crippen molar-refractivity contribution >= 4 is 51.9 Å². The topological polar surface area (TPSA) is 179 Å². The Balaban J connectivity index is 1.31. The quantitative estimate of drug-likeness (QED) is 0.113. The number of ether oxygens (including phenoxy) is 5. The van der Waals surface area contributed by atoms with Crippen molar-refractivity contribution in [1.29, 1.82) is 0 Å². The Morgan fingerprint density at radius 1 is 1.03 bits per heavy atom. The zero-order valence-electron chi connectivity index (χ0n) is 39.4. The number of hydrazine groups is 1. The molecule has 1 aromatic carbocycles. The van der Waals surface area contributed by atoms with Gasteiger partial charge in [-0.2, -0.15) is 0 Å². The number of carbonyl (C=O) groups is 4. The van der Waals surface area contributed by atoms with Gasteiger partial charge in [-0.3, -0.25) is 24.4 Å². The Bertz CT molecular complexity index is 2400. The monoisotopic (exact) mass is 916 g/mol. The van der Waals surface area contributed by atoms with Gasteiger partial charge < -0.3 is 43.4 Å². The number of piperazine rings is 1. The van der Waals surface area contributed by atoms with E-state index in [0.717, 1.165) is 70.8 Å². The molecule has 352 valence electrons. The number of carbonyl (C=O) groups excluding carboxylic acids is 4. The lowest BCUT2D eigenvalue weighted by atomic mass is 9.84. The number of likely N-dealkylation sites (N-methyl/N-ethyl adjacent to an activating group) is 1. The number of anilines is 1. The number of nitrogens with zero attached hydrogens (tertiary/aromatic N) is 6. The normalized spacial score (nSPS) is 17.9. The van der Waals surface area contributed by atoms with Crippen molar-refractivity contribution in [2.24, 2.45) is 5.41 Å². The number of thiazole rings is 1. The molecule has 2 fully saturated rings. The zero-order chi connectivity index (χ0) is 46.8. The van der Waals surface area contributed by atoms with Gasteiger partial charge in [0.1, 0.15) is 30.0 Å². The Hall–Kier alpha value is -5.30. The van der Waals surface area contributed by atoms with Gasteiger partial charge in [-0.15, -0.1) is 11.3 Å². The summed E-state index contributed by atoms with van der Waals surface area (Å²) < 4.78 is 30.9. The second-order valence-corrected chi connectivity index (χ2v) is 19.9. The highest BCUT2D eigenvalue weighted by Crippen LogP contribution is 2.47. The number of benzene rings is 1. The lowest BCUT2D eigenvalue weighted by Gasteiger charge is -2.34. The number of aromatic nitrogens is 3. The summed E-state index contributed by atoms with van der Waals surface area (Å²) >= 11 is 1.38. The summed E-state index contributed by atoms with van der Waals surface area (Å²) in [5, 5.41) is 7.68. The number of methoxy groups -OCH3 is 2. The first-order valence-corrected chi connectivity index (χ1v) is 23.2. The highest BCUT2D eigenvalue weighted by atomic mass is 32.1. The number of hydrogen-bond donors (Lipinski definition) is 2. The average Bonchev–Trinajstić information content (AvgIpc) is 3.86. The molecule has 0 aliphatic carbocycles. The molecule has 2 N–H and O–H groups in total. The van der Waals surface area contributed by atoms with Crippen molar-refractivity contribution in [2.75, 3.05) is 72.1 Å². The molecule has 17 nitrogen and oxygen atoms in total. The number of pyridine rings is 1. The van der Waals surface area contributed by atoms with E-state index in [1.807, 2.05) is 24.6 Å². The van der Waals surface area contributed by atoms with Gasteiger partial charge in [0.05, 0.1) is 65.9 Å². The molecule has 6 heterocycles. The van der Waals surface area contributed by atoms with Crippen LogP contribution < -0.4 is 20.4 Å². The van der Waals surface area contributed by atoms with Crippen molar-refractivity contribution < 1.29 is 42.9 Å². The van der Waals surface area contributed by atoms with E-state index in [9.17, 15) is 19.2 Å². The third-order valence-corrected chi connectivity index (χ3v) is 12.9. The minimum atomic E-state index is -1.05. The molecule has 0 spiro atoms. The van der Waals surface area contributed by atoms with Crippen LogP contribution in [0.5, 0.6) is 5.75 Å². The Morgan fingerprint density at radius 3 is 2.48 bits per heavy atom. The van der Waals surface area contributed by atoms with Gasteiger partial charge in [0.2, 0.25) is 0 Å². The summed E-state index contributed by atoms with van der Waals surface area (Å²) in [6.45, 7) is 18.2. The Labute approximate surface area is 385 Å². The molecule has 0 saturated carbocycles. The maximum Gasteiger partial charge on any atom is 0.408 e. The zero-order valence-corrected chi connectivity index (χ0v) is 40.2. The Kier molecular flexibility index (Phi) is 14.4. The molecule has 18 heteroatoms. The van der Waals surface area contributed by atoms with Crippen molar-refractivity contribution in [3.8, 4) is 28.3 Å². The van der Waals surface area contributed by atoms with Crippen LogP contribution in [0.15, 0.2) is 29.8 Å². The third-order valence-electron chi connectivity index (χ3n) is 12.0. The molecular formula is C47H64N8O9S. The predicted octanol–water partition coefficient (Wildman–Crippen LogP) is 5.91. The van der Waals surface area contributed by atoms with E-state index in [1.165, 1.54) is 30.4 Å². The number of amides is 2. The summed E-state index contributed by atoms with van der Waals surface area (Å²) in [6, 6.07) is 4.67. The van der Waals surface area contributed by atoms with Crippen LogP contribution in [-0.2, 0) is 52.7 Å². The molecule has 4 aromatic rings. The molecule has 65 heavy (non-hydrogen) atoms. The fourth-order valence-corrected chi connectivity index (χ4v) is 9.55. The van der Waals surface area contributed by atoms with Gasteiger partial charge in [0, 0.05) is 80.5 Å². The van der Waals surface area contributed by atoms with Crippen LogP contribution in [0.25, 0.3) is 33.4 Å².